The van der Waals surface area contributed by atoms with Crippen LogP contribution in [0.5, 0.6) is 0 Å². The van der Waals surface area contributed by atoms with Crippen LogP contribution in [0.3, 0.4) is 0 Å². The van der Waals surface area contributed by atoms with Crippen LogP contribution in [0.4, 0.5) is 22.7 Å². The molecule has 4 aromatic heterocycles. The summed E-state index contributed by atoms with van der Waals surface area (Å²) in [7, 11) is -2.82. The van der Waals surface area contributed by atoms with Crippen molar-refractivity contribution < 1.29 is 80.4 Å². The van der Waals surface area contributed by atoms with Gasteiger partial charge in [-0.25, -0.2) is 0 Å². The van der Waals surface area contributed by atoms with Gasteiger partial charge in [0, 0.05) is 58.0 Å². The summed E-state index contributed by atoms with van der Waals surface area (Å²) in [6.07, 6.45) is 6.80. The van der Waals surface area contributed by atoms with Crippen LogP contribution in [0.2, 0.25) is 39.3 Å². The van der Waals surface area contributed by atoms with Crippen molar-refractivity contribution >= 4 is 51.0 Å². The smallest absolute Gasteiger partial charge is 0.664 e. The number of pyridine rings is 4. The molecule has 0 atom stereocenters. The molecule has 704 valence electrons. The predicted octanol–water partition coefficient (Wildman–Crippen LogP) is 30.8. The third-order valence-electron chi connectivity index (χ3n) is 18.2. The molecule has 0 unspecified atom stereocenters. The third-order valence-corrected chi connectivity index (χ3v) is 26.7. The number of para-hydroxylation sites is 4. The monoisotopic (exact) mass is 2520 g/mol. The number of fused-ring (bicyclic) bond motifs is 2. The van der Waals surface area contributed by atoms with E-state index in [4.69, 9.17) is 42.5 Å². The largest absolute Gasteiger partial charge is 3.00 e. The van der Waals surface area contributed by atoms with Crippen LogP contribution < -0.4 is 9.80 Å². The minimum absolute atomic E-state index is 0. The van der Waals surface area contributed by atoms with Gasteiger partial charge < -0.3 is 81.4 Å². The molecule has 12 aromatic rings. The van der Waals surface area contributed by atoms with E-state index in [-0.39, 0.29) is 130 Å². The molecule has 8 aromatic carbocycles. The molecular weight excluding hydrogens is 2380 g/mol. The Labute approximate surface area is 851 Å². The van der Waals surface area contributed by atoms with Crippen molar-refractivity contribution in [3.05, 3.63) is 371 Å². The number of rotatable bonds is 30. The predicted molar refractivity (Wildman–Crippen MR) is 552 cm³/mol. The molecule has 0 saturated carbocycles. The molecule has 5 heterocycles. The Balaban J connectivity index is 0.000000511. The van der Waals surface area contributed by atoms with Crippen molar-refractivity contribution in [2.45, 2.75) is 273 Å². The minimum atomic E-state index is -1.41. The number of hydrogen-bond acceptors (Lipinski definition) is 9. The average Bonchev–Trinajstić information content (AvgIpc) is 0.759. The molecule has 0 N–H and O–H groups in total. The summed E-state index contributed by atoms with van der Waals surface area (Å²) < 4.78 is 2.68. The summed E-state index contributed by atoms with van der Waals surface area (Å²) in [6, 6.07) is 108. The minimum Gasteiger partial charge on any atom is -0.664 e. The molecule has 0 aliphatic carbocycles. The van der Waals surface area contributed by atoms with Gasteiger partial charge >= 0.3 is 80.4 Å². The van der Waals surface area contributed by atoms with Gasteiger partial charge in [-0.2, -0.15) is 25.2 Å². The van der Waals surface area contributed by atoms with E-state index in [0.29, 0.717) is 36.3 Å². The second kappa shape index (κ2) is 64.8. The Bertz CT molecular complexity index is 4220. The molecule has 0 fully saturated rings. The molecular formula is C108H142Ir4N16SSi2. The Morgan fingerprint density at radius 1 is 0.275 bits per heavy atom. The van der Waals surface area contributed by atoms with Crippen LogP contribution in [-0.2, 0) is 80.4 Å². The van der Waals surface area contributed by atoms with Gasteiger partial charge in [-0.3, -0.25) is 0 Å². The second-order valence-electron chi connectivity index (χ2n) is 35.1. The van der Waals surface area contributed by atoms with E-state index in [1.807, 2.05) is 218 Å². The van der Waals surface area contributed by atoms with Crippen molar-refractivity contribution in [2.75, 3.05) is 9.80 Å². The Hall–Kier alpha value is -7.06. The van der Waals surface area contributed by atoms with Crippen molar-refractivity contribution in [3.8, 4) is 45.0 Å². The molecule has 0 saturated heterocycles. The van der Waals surface area contributed by atoms with Crippen molar-refractivity contribution in [3.63, 3.8) is 0 Å². The van der Waals surface area contributed by atoms with Gasteiger partial charge in [-0.15, -0.1) is 192 Å². The SMILES string of the molecule is CC(C)[N-]C([N-]C(C)C)N(C(C)C)C(C)C.CC(C)[N-]C([N-]C(C)C)N([Si](C)(C)C)[Si](C)(C)C.CC(C)[N-]C([N-]C(C)C)N(c1ccccc1)c1ccccc1.CC(C)[N-]C([N-]C(C)C)N1c2ccccc2Sc2ccccc21.[Ir+3].[Ir+3].[Ir+3].[Ir+3].[c-]1ccccc1-c1ccccn1.[c-]1ccccc1-c1ccccn1.[c-]1ccccc1-c1ccccn1.[c-]1ccccc1-c1ccccn1. The summed E-state index contributed by atoms with van der Waals surface area (Å²) in [4.78, 5) is 26.2. The molecule has 0 spiro atoms. The normalized spacial score (nSPS) is 11.4. The summed E-state index contributed by atoms with van der Waals surface area (Å²) in [5.74, 6) is 0. The first-order chi connectivity index (χ1) is 60.6. The number of nitrogens with zero attached hydrogens (tertiary/aromatic N) is 16. The Morgan fingerprint density at radius 2 is 0.519 bits per heavy atom. The first kappa shape index (κ1) is 120. The Kier molecular flexibility index (Phi) is 59.4. The fourth-order valence-electron chi connectivity index (χ4n) is 13.5. The van der Waals surface area contributed by atoms with Crippen LogP contribution in [0.1, 0.15) is 138 Å². The van der Waals surface area contributed by atoms with E-state index < -0.39 is 16.5 Å². The topological polar surface area (TPSA) is 177 Å². The number of anilines is 4. The number of hydrogen-bond donors (Lipinski definition) is 0. The molecule has 16 nitrogen and oxygen atoms in total. The van der Waals surface area contributed by atoms with Gasteiger partial charge in [0.05, 0.1) is 11.4 Å². The van der Waals surface area contributed by atoms with E-state index in [1.165, 1.54) is 21.2 Å². The van der Waals surface area contributed by atoms with Crippen LogP contribution >= 0.6 is 11.8 Å². The zero-order chi connectivity index (χ0) is 92.9. The average molecular weight is 2520 g/mol. The second-order valence-corrected chi connectivity index (χ2v) is 46.3. The van der Waals surface area contributed by atoms with Crippen molar-refractivity contribution in [2.24, 2.45) is 0 Å². The molecule has 13 rings (SSSR count). The van der Waals surface area contributed by atoms with Gasteiger partial charge in [-0.05, 0) is 123 Å². The zero-order valence-electron chi connectivity index (χ0n) is 81.8. The van der Waals surface area contributed by atoms with Gasteiger partial charge in [0.15, 0.2) is 0 Å². The van der Waals surface area contributed by atoms with E-state index in [9.17, 15) is 0 Å². The third kappa shape index (κ3) is 45.4. The summed E-state index contributed by atoms with van der Waals surface area (Å²) in [5, 5.41) is 38.6. The van der Waals surface area contributed by atoms with Crippen molar-refractivity contribution in [1.82, 2.24) is 29.1 Å². The Morgan fingerprint density at radius 3 is 0.756 bits per heavy atom. The van der Waals surface area contributed by atoms with Crippen LogP contribution in [0.15, 0.2) is 314 Å². The van der Waals surface area contributed by atoms with E-state index >= 15 is 0 Å². The molecule has 0 bridgehead atoms. The molecule has 23 heteroatoms. The summed E-state index contributed by atoms with van der Waals surface area (Å²) in [6.45, 7) is 57.1. The molecule has 1 aliphatic heterocycles. The fourth-order valence-corrected chi connectivity index (χ4v) is 24.3. The van der Waals surface area contributed by atoms with E-state index in [1.54, 1.807) is 24.8 Å². The maximum Gasteiger partial charge on any atom is 3.00 e. The summed E-state index contributed by atoms with van der Waals surface area (Å²) in [5.41, 5.74) is 12.6. The van der Waals surface area contributed by atoms with Gasteiger partial charge in [0.1, 0.15) is 16.5 Å². The maximum atomic E-state index is 4.89. The zero-order valence-corrected chi connectivity index (χ0v) is 94.2. The molecule has 0 radical (unpaired) electrons. The molecule has 0 amide bonds. The first-order valence-electron chi connectivity index (χ1n) is 44.8. The number of benzene rings is 8. The van der Waals surface area contributed by atoms with Gasteiger partial charge in [-0.1, -0.05) is 271 Å². The van der Waals surface area contributed by atoms with Gasteiger partial charge in [0.25, 0.3) is 0 Å². The van der Waals surface area contributed by atoms with Gasteiger partial charge in [0.2, 0.25) is 0 Å². The fraction of sp³-hybridized carbons (Fsp3) is 0.370. The van der Waals surface area contributed by atoms with E-state index in [0.717, 1.165) is 56.4 Å². The van der Waals surface area contributed by atoms with Crippen molar-refractivity contribution in [1.29, 1.82) is 0 Å². The molecule has 131 heavy (non-hydrogen) atoms. The maximum absolute atomic E-state index is 4.89. The standard InChI is InChI=1S/C19H23N3S.C19H25N3.C13H33N3Si2.C13H29N3.4C11H8N.4Ir/c1-13(2)20-19(21-14(3)4)22-15-9-5-7-11-17(15)23-18-12-8-6-10-16(18)22;1-15(2)20-19(21-16(3)4)22(17-11-7-5-8-12-17)18-13-9-6-10-14-18;1-11(2)14-13(15-12(3)4)16(17(5,6)7)18(8,9)10;1-9(2)14-13(15-10(3)4)16(11(5)6)12(7)8;4*1-2-6-10(7-3-1)11-8-4-5-9-12-11;;;;/h5-14,19H,1-4H3;5-16,19H,1-4H3;11-13H,1-10H3;9-13H,1-8H3;4*1-6,8-9H;;;;/q4*-2;4*-1;4*+3. The summed E-state index contributed by atoms with van der Waals surface area (Å²) >= 11 is 1.82. The quantitative estimate of drug-likeness (QED) is 0.0313. The first-order valence-corrected chi connectivity index (χ1v) is 52.6. The van der Waals surface area contributed by atoms with Crippen LogP contribution in [-0.4, -0.2) is 131 Å². The van der Waals surface area contributed by atoms with Crippen LogP contribution in [0.25, 0.3) is 87.6 Å². The number of aromatic nitrogens is 4. The van der Waals surface area contributed by atoms with E-state index in [2.05, 4.69) is 314 Å². The molecule has 1 aliphatic rings. The van der Waals surface area contributed by atoms with Crippen LogP contribution in [0, 0.1) is 24.3 Å².